The van der Waals surface area contributed by atoms with Gasteiger partial charge in [0, 0.05) is 24.8 Å². The van der Waals surface area contributed by atoms with Gasteiger partial charge in [-0.1, -0.05) is 0 Å². The van der Waals surface area contributed by atoms with Crippen LogP contribution in [-0.4, -0.2) is 55.1 Å². The van der Waals surface area contributed by atoms with E-state index >= 15 is 0 Å². The van der Waals surface area contributed by atoms with E-state index < -0.39 is 0 Å². The molecule has 0 spiro atoms. The minimum Gasteiger partial charge on any atom is -0.497 e. The number of amides is 1. The highest BCUT2D eigenvalue weighted by Gasteiger charge is 2.10. The quantitative estimate of drug-likeness (QED) is 0.807. The Morgan fingerprint density at radius 3 is 2.54 bits per heavy atom. The average Bonchev–Trinajstić information content (AvgIpc) is 2.54. The molecule has 0 unspecified atom stereocenters. The van der Waals surface area contributed by atoms with Crippen molar-refractivity contribution in [3.63, 3.8) is 0 Å². The number of nitrogens with zero attached hydrogens (tertiary/aromatic N) is 3. The van der Waals surface area contributed by atoms with Gasteiger partial charge in [0.15, 0.2) is 0 Å². The first kappa shape index (κ1) is 17.7. The van der Waals surface area contributed by atoms with Crippen LogP contribution in [0.15, 0.2) is 30.3 Å². The van der Waals surface area contributed by atoms with Crippen molar-refractivity contribution in [1.82, 2.24) is 20.2 Å². The molecule has 7 heteroatoms. The van der Waals surface area contributed by atoms with Crippen LogP contribution in [0.4, 0.5) is 11.5 Å². The van der Waals surface area contributed by atoms with Crippen LogP contribution < -0.4 is 15.4 Å². The standard InChI is InChI=1S/C17H23N5O2/c1-12-19-15(17(23)18-9-10-22(2)3)11-16(20-12)21-13-5-7-14(24-4)8-6-13/h5-8,11H,9-10H2,1-4H3,(H,18,23)(H,19,20,21). The third kappa shape index (κ3) is 5.20. The molecule has 1 aromatic carbocycles. The third-order valence-corrected chi connectivity index (χ3v) is 3.28. The number of aryl methyl sites for hydroxylation is 1. The molecule has 128 valence electrons. The summed E-state index contributed by atoms with van der Waals surface area (Å²) >= 11 is 0. The van der Waals surface area contributed by atoms with Gasteiger partial charge < -0.3 is 20.3 Å². The monoisotopic (exact) mass is 329 g/mol. The summed E-state index contributed by atoms with van der Waals surface area (Å²) in [6.45, 7) is 3.10. The topological polar surface area (TPSA) is 79.4 Å². The minimum absolute atomic E-state index is 0.208. The third-order valence-electron chi connectivity index (χ3n) is 3.28. The molecular formula is C17H23N5O2. The lowest BCUT2D eigenvalue weighted by molar-refractivity contribution is 0.0945. The molecule has 0 saturated heterocycles. The zero-order chi connectivity index (χ0) is 17.5. The average molecular weight is 329 g/mol. The molecule has 0 aliphatic heterocycles. The number of ether oxygens (including phenoxy) is 1. The molecule has 7 nitrogen and oxygen atoms in total. The Labute approximate surface area is 142 Å². The highest BCUT2D eigenvalue weighted by Crippen LogP contribution is 2.19. The summed E-state index contributed by atoms with van der Waals surface area (Å²) in [5, 5.41) is 6.02. The molecule has 0 saturated carbocycles. The largest absolute Gasteiger partial charge is 0.497 e. The van der Waals surface area contributed by atoms with E-state index in [-0.39, 0.29) is 5.91 Å². The second-order valence-electron chi connectivity index (χ2n) is 5.60. The van der Waals surface area contributed by atoms with Crippen LogP contribution in [-0.2, 0) is 0 Å². The fourth-order valence-electron chi connectivity index (χ4n) is 2.05. The van der Waals surface area contributed by atoms with Gasteiger partial charge in [-0.2, -0.15) is 0 Å². The molecule has 0 bridgehead atoms. The van der Waals surface area contributed by atoms with Crippen LogP contribution in [0, 0.1) is 6.92 Å². The second-order valence-corrected chi connectivity index (χ2v) is 5.60. The molecule has 1 heterocycles. The SMILES string of the molecule is COc1ccc(Nc2cc(C(=O)NCCN(C)C)nc(C)n2)cc1. The normalized spacial score (nSPS) is 10.5. The fourth-order valence-corrected chi connectivity index (χ4v) is 2.05. The summed E-state index contributed by atoms with van der Waals surface area (Å²) < 4.78 is 5.13. The summed E-state index contributed by atoms with van der Waals surface area (Å²) in [6.07, 6.45) is 0. The summed E-state index contributed by atoms with van der Waals surface area (Å²) in [4.78, 5) is 22.7. The van der Waals surface area contributed by atoms with Crippen molar-refractivity contribution in [2.45, 2.75) is 6.92 Å². The number of hydrogen-bond donors (Lipinski definition) is 2. The summed E-state index contributed by atoms with van der Waals surface area (Å²) in [5.74, 6) is 1.68. The van der Waals surface area contributed by atoms with Crippen molar-refractivity contribution >= 4 is 17.4 Å². The number of carbonyl (C=O) groups excluding carboxylic acids is 1. The van der Waals surface area contributed by atoms with E-state index in [1.54, 1.807) is 20.1 Å². The van der Waals surface area contributed by atoms with E-state index in [4.69, 9.17) is 4.74 Å². The molecule has 0 aliphatic carbocycles. The zero-order valence-electron chi connectivity index (χ0n) is 14.5. The van der Waals surface area contributed by atoms with Crippen molar-refractivity contribution in [2.24, 2.45) is 0 Å². The van der Waals surface area contributed by atoms with Crippen LogP contribution in [0.5, 0.6) is 5.75 Å². The molecule has 24 heavy (non-hydrogen) atoms. The van der Waals surface area contributed by atoms with E-state index in [0.29, 0.717) is 23.9 Å². The Bertz CT molecular complexity index is 686. The van der Waals surface area contributed by atoms with Crippen LogP contribution in [0.3, 0.4) is 0 Å². The Morgan fingerprint density at radius 1 is 1.21 bits per heavy atom. The maximum absolute atomic E-state index is 12.2. The van der Waals surface area contributed by atoms with E-state index in [1.165, 1.54) is 0 Å². The number of hydrogen-bond acceptors (Lipinski definition) is 6. The van der Waals surface area contributed by atoms with Gasteiger partial charge in [0.1, 0.15) is 23.1 Å². The van der Waals surface area contributed by atoms with E-state index in [2.05, 4.69) is 20.6 Å². The van der Waals surface area contributed by atoms with Gasteiger partial charge in [-0.15, -0.1) is 0 Å². The van der Waals surface area contributed by atoms with E-state index in [9.17, 15) is 4.79 Å². The number of carbonyl (C=O) groups is 1. The highest BCUT2D eigenvalue weighted by atomic mass is 16.5. The fraction of sp³-hybridized carbons (Fsp3) is 0.353. The number of benzene rings is 1. The predicted octanol–water partition coefficient (Wildman–Crippen LogP) is 1.83. The number of rotatable bonds is 7. The Morgan fingerprint density at radius 2 is 1.92 bits per heavy atom. The Hall–Kier alpha value is -2.67. The summed E-state index contributed by atoms with van der Waals surface area (Å²) in [6, 6.07) is 9.11. The van der Waals surface area contributed by atoms with Crippen molar-refractivity contribution in [1.29, 1.82) is 0 Å². The van der Waals surface area contributed by atoms with Gasteiger partial charge in [-0.25, -0.2) is 9.97 Å². The minimum atomic E-state index is -0.208. The summed E-state index contributed by atoms with van der Waals surface area (Å²) in [5.41, 5.74) is 1.20. The summed E-state index contributed by atoms with van der Waals surface area (Å²) in [7, 11) is 5.53. The van der Waals surface area contributed by atoms with Crippen LogP contribution in [0.25, 0.3) is 0 Å². The van der Waals surface area contributed by atoms with Crippen LogP contribution >= 0.6 is 0 Å². The van der Waals surface area contributed by atoms with Crippen molar-refractivity contribution in [3.05, 3.63) is 41.9 Å². The van der Waals surface area contributed by atoms with Gasteiger partial charge in [0.2, 0.25) is 0 Å². The van der Waals surface area contributed by atoms with Crippen molar-refractivity contribution in [3.8, 4) is 5.75 Å². The molecule has 0 atom stereocenters. The number of anilines is 2. The second kappa shape index (κ2) is 8.26. The molecule has 2 aromatic rings. The van der Waals surface area contributed by atoms with Crippen LogP contribution in [0.1, 0.15) is 16.3 Å². The van der Waals surface area contributed by atoms with E-state index in [1.807, 2.05) is 43.3 Å². The van der Waals surface area contributed by atoms with Gasteiger partial charge in [-0.3, -0.25) is 4.79 Å². The molecule has 1 aromatic heterocycles. The van der Waals surface area contributed by atoms with Gasteiger partial charge >= 0.3 is 0 Å². The maximum atomic E-state index is 12.2. The predicted molar refractivity (Wildman–Crippen MR) is 93.9 cm³/mol. The highest BCUT2D eigenvalue weighted by molar-refractivity contribution is 5.93. The first-order valence-electron chi connectivity index (χ1n) is 7.67. The number of methoxy groups -OCH3 is 1. The number of aromatic nitrogens is 2. The smallest absolute Gasteiger partial charge is 0.270 e. The molecule has 2 N–H and O–H groups in total. The molecule has 1 amide bonds. The Balaban J connectivity index is 2.08. The maximum Gasteiger partial charge on any atom is 0.270 e. The van der Waals surface area contributed by atoms with E-state index in [0.717, 1.165) is 18.0 Å². The number of likely N-dealkylation sites (N-methyl/N-ethyl adjacent to an activating group) is 1. The van der Waals surface area contributed by atoms with Gasteiger partial charge in [-0.05, 0) is 45.3 Å². The molecule has 0 radical (unpaired) electrons. The molecule has 2 rings (SSSR count). The Kier molecular flexibility index (Phi) is 6.08. The lowest BCUT2D eigenvalue weighted by atomic mass is 10.3. The van der Waals surface area contributed by atoms with Crippen LogP contribution in [0.2, 0.25) is 0 Å². The first-order valence-corrected chi connectivity index (χ1v) is 7.67. The molecular weight excluding hydrogens is 306 g/mol. The van der Waals surface area contributed by atoms with Crippen molar-refractivity contribution in [2.75, 3.05) is 39.6 Å². The first-order chi connectivity index (χ1) is 11.5. The zero-order valence-corrected chi connectivity index (χ0v) is 14.5. The van der Waals surface area contributed by atoms with Gasteiger partial charge in [0.25, 0.3) is 5.91 Å². The lowest BCUT2D eigenvalue weighted by Gasteiger charge is -2.11. The molecule has 0 aliphatic rings. The van der Waals surface area contributed by atoms with Gasteiger partial charge in [0.05, 0.1) is 7.11 Å². The number of nitrogens with one attached hydrogen (secondary N) is 2. The lowest BCUT2D eigenvalue weighted by Crippen LogP contribution is -2.32. The van der Waals surface area contributed by atoms with Crippen molar-refractivity contribution < 1.29 is 9.53 Å². The molecule has 0 fully saturated rings.